The van der Waals surface area contributed by atoms with Crippen LogP contribution in [0.5, 0.6) is 0 Å². The Morgan fingerprint density at radius 2 is 2.06 bits per heavy atom. The molecule has 0 aliphatic rings. The first-order valence-electron chi connectivity index (χ1n) is 5.71. The van der Waals surface area contributed by atoms with E-state index >= 15 is 0 Å². The minimum absolute atomic E-state index is 0.0221. The predicted octanol–water partition coefficient (Wildman–Crippen LogP) is 0.784. The van der Waals surface area contributed by atoms with Crippen LogP contribution < -0.4 is 5.73 Å². The molecule has 90 valence electrons. The van der Waals surface area contributed by atoms with Gasteiger partial charge in [0.25, 0.3) is 0 Å². The lowest BCUT2D eigenvalue weighted by Crippen LogP contribution is -2.40. The fraction of sp³-hybridized carbons (Fsp3) is 0.583. The summed E-state index contributed by atoms with van der Waals surface area (Å²) < 4.78 is 0. The molecule has 0 bridgehead atoms. The van der Waals surface area contributed by atoms with Gasteiger partial charge in [-0.25, -0.2) is 0 Å². The van der Waals surface area contributed by atoms with E-state index in [9.17, 15) is 0 Å². The van der Waals surface area contributed by atoms with E-state index in [4.69, 9.17) is 10.8 Å². The summed E-state index contributed by atoms with van der Waals surface area (Å²) in [4.78, 5) is 6.19. The summed E-state index contributed by atoms with van der Waals surface area (Å²) in [5, 5.41) is 9.05. The number of aliphatic hydroxyl groups excluding tert-OH is 1. The molecule has 0 fully saturated rings. The molecule has 0 saturated heterocycles. The molecule has 0 spiro atoms. The van der Waals surface area contributed by atoms with Crippen LogP contribution in [-0.2, 0) is 0 Å². The zero-order valence-electron chi connectivity index (χ0n) is 10.0. The standard InChI is InChI=1S/C12H21N3O/c1-3-15(8-9-16)12(10(2)13)11-4-6-14-7-5-11/h4-7,10,12,16H,3,8-9,13H2,1-2H3. The Bertz CT molecular complexity index is 290. The second kappa shape index (κ2) is 6.58. The minimum atomic E-state index is 0.0221. The van der Waals surface area contributed by atoms with Crippen molar-refractivity contribution < 1.29 is 5.11 Å². The van der Waals surface area contributed by atoms with Gasteiger partial charge in [-0.1, -0.05) is 6.92 Å². The summed E-state index contributed by atoms with van der Waals surface area (Å²) in [6.07, 6.45) is 3.55. The Labute approximate surface area is 97.1 Å². The summed E-state index contributed by atoms with van der Waals surface area (Å²) >= 11 is 0. The van der Waals surface area contributed by atoms with Crippen LogP contribution >= 0.6 is 0 Å². The normalized spacial score (nSPS) is 15.1. The highest BCUT2D eigenvalue weighted by atomic mass is 16.3. The zero-order valence-corrected chi connectivity index (χ0v) is 10.0. The van der Waals surface area contributed by atoms with Gasteiger partial charge in [-0.05, 0) is 31.2 Å². The molecule has 0 aliphatic carbocycles. The maximum absolute atomic E-state index is 9.05. The average Bonchev–Trinajstić information content (AvgIpc) is 2.29. The van der Waals surface area contributed by atoms with E-state index < -0.39 is 0 Å². The lowest BCUT2D eigenvalue weighted by molar-refractivity contribution is 0.143. The Morgan fingerprint density at radius 1 is 1.44 bits per heavy atom. The van der Waals surface area contributed by atoms with Crippen molar-refractivity contribution >= 4 is 0 Å². The summed E-state index contributed by atoms with van der Waals surface area (Å²) in [7, 11) is 0. The number of pyridine rings is 1. The molecule has 1 rings (SSSR count). The van der Waals surface area contributed by atoms with Gasteiger partial charge >= 0.3 is 0 Å². The van der Waals surface area contributed by atoms with Crippen molar-refractivity contribution in [1.82, 2.24) is 9.88 Å². The van der Waals surface area contributed by atoms with E-state index in [1.54, 1.807) is 12.4 Å². The van der Waals surface area contributed by atoms with Gasteiger partial charge in [0, 0.05) is 31.0 Å². The quantitative estimate of drug-likeness (QED) is 0.748. The van der Waals surface area contributed by atoms with Crippen molar-refractivity contribution in [2.24, 2.45) is 5.73 Å². The molecule has 1 heterocycles. The van der Waals surface area contributed by atoms with Crippen LogP contribution in [0.1, 0.15) is 25.5 Å². The van der Waals surface area contributed by atoms with Crippen molar-refractivity contribution in [3.63, 3.8) is 0 Å². The molecule has 0 radical (unpaired) electrons. The van der Waals surface area contributed by atoms with Crippen molar-refractivity contribution in [3.8, 4) is 0 Å². The fourth-order valence-electron chi connectivity index (χ4n) is 2.03. The lowest BCUT2D eigenvalue weighted by Gasteiger charge is -2.33. The second-order valence-electron chi connectivity index (χ2n) is 3.94. The predicted molar refractivity (Wildman–Crippen MR) is 65.0 cm³/mol. The number of nitrogens with zero attached hydrogens (tertiary/aromatic N) is 2. The molecule has 2 atom stereocenters. The molecule has 0 saturated carbocycles. The molecule has 2 unspecified atom stereocenters. The summed E-state index contributed by atoms with van der Waals surface area (Å²) in [6, 6.07) is 4.12. The molecule has 0 aliphatic heterocycles. The molecule has 4 nitrogen and oxygen atoms in total. The van der Waals surface area contributed by atoms with Crippen LogP contribution in [0.4, 0.5) is 0 Å². The van der Waals surface area contributed by atoms with Crippen molar-refractivity contribution in [1.29, 1.82) is 0 Å². The van der Waals surface area contributed by atoms with Gasteiger partial charge in [0.05, 0.1) is 6.61 Å². The monoisotopic (exact) mass is 223 g/mol. The van der Waals surface area contributed by atoms with E-state index in [0.717, 1.165) is 12.1 Å². The highest BCUT2D eigenvalue weighted by Crippen LogP contribution is 2.22. The van der Waals surface area contributed by atoms with Gasteiger partial charge in [0.1, 0.15) is 0 Å². The molecule has 4 heteroatoms. The Kier molecular flexibility index (Phi) is 5.38. The van der Waals surface area contributed by atoms with Gasteiger partial charge in [-0.3, -0.25) is 9.88 Å². The van der Waals surface area contributed by atoms with E-state index in [1.165, 1.54) is 0 Å². The molecular formula is C12H21N3O. The van der Waals surface area contributed by atoms with Gasteiger partial charge in [-0.2, -0.15) is 0 Å². The number of aliphatic hydroxyl groups is 1. The van der Waals surface area contributed by atoms with E-state index in [2.05, 4.69) is 16.8 Å². The number of likely N-dealkylation sites (N-methyl/N-ethyl adjacent to an activating group) is 1. The van der Waals surface area contributed by atoms with Crippen molar-refractivity contribution in [2.45, 2.75) is 25.9 Å². The maximum atomic E-state index is 9.05. The third kappa shape index (κ3) is 3.27. The fourth-order valence-corrected chi connectivity index (χ4v) is 2.03. The largest absolute Gasteiger partial charge is 0.395 e. The van der Waals surface area contributed by atoms with Crippen LogP contribution in [0, 0.1) is 0 Å². The highest BCUT2D eigenvalue weighted by molar-refractivity contribution is 5.17. The minimum Gasteiger partial charge on any atom is -0.395 e. The Balaban J connectivity index is 2.90. The average molecular weight is 223 g/mol. The zero-order chi connectivity index (χ0) is 12.0. The first kappa shape index (κ1) is 13.1. The first-order valence-corrected chi connectivity index (χ1v) is 5.71. The number of nitrogens with two attached hydrogens (primary N) is 1. The molecule has 16 heavy (non-hydrogen) atoms. The SMILES string of the molecule is CCN(CCO)C(c1ccncc1)C(C)N. The van der Waals surface area contributed by atoms with Crippen molar-refractivity contribution in [2.75, 3.05) is 19.7 Å². The second-order valence-corrected chi connectivity index (χ2v) is 3.94. The smallest absolute Gasteiger partial charge is 0.0558 e. The van der Waals surface area contributed by atoms with Gasteiger partial charge in [-0.15, -0.1) is 0 Å². The van der Waals surface area contributed by atoms with Crippen LogP contribution in [-0.4, -0.2) is 40.7 Å². The molecule has 1 aromatic rings. The molecular weight excluding hydrogens is 202 g/mol. The Hall–Kier alpha value is -0.970. The molecule has 0 aromatic carbocycles. The van der Waals surface area contributed by atoms with Crippen molar-refractivity contribution in [3.05, 3.63) is 30.1 Å². The Morgan fingerprint density at radius 3 is 2.50 bits per heavy atom. The first-order chi connectivity index (χ1) is 7.70. The highest BCUT2D eigenvalue weighted by Gasteiger charge is 2.22. The van der Waals surface area contributed by atoms with Crippen LogP contribution in [0.25, 0.3) is 0 Å². The van der Waals surface area contributed by atoms with E-state index in [0.29, 0.717) is 6.54 Å². The van der Waals surface area contributed by atoms with Crippen LogP contribution in [0.2, 0.25) is 0 Å². The third-order valence-corrected chi connectivity index (χ3v) is 2.73. The van der Waals surface area contributed by atoms with Crippen LogP contribution in [0.3, 0.4) is 0 Å². The summed E-state index contributed by atoms with van der Waals surface area (Å²) in [5.74, 6) is 0. The van der Waals surface area contributed by atoms with Gasteiger partial charge < -0.3 is 10.8 Å². The number of rotatable bonds is 6. The van der Waals surface area contributed by atoms with E-state index in [1.807, 2.05) is 19.1 Å². The van der Waals surface area contributed by atoms with Gasteiger partial charge in [0.15, 0.2) is 0 Å². The third-order valence-electron chi connectivity index (χ3n) is 2.73. The molecule has 1 aromatic heterocycles. The number of hydrogen-bond donors (Lipinski definition) is 2. The maximum Gasteiger partial charge on any atom is 0.0558 e. The lowest BCUT2D eigenvalue weighted by atomic mass is 10.0. The van der Waals surface area contributed by atoms with E-state index in [-0.39, 0.29) is 18.7 Å². The topological polar surface area (TPSA) is 62.4 Å². The van der Waals surface area contributed by atoms with Gasteiger partial charge in [0.2, 0.25) is 0 Å². The molecule has 3 N–H and O–H groups in total. The molecule has 0 amide bonds. The van der Waals surface area contributed by atoms with Crippen LogP contribution in [0.15, 0.2) is 24.5 Å². The number of hydrogen-bond acceptors (Lipinski definition) is 4. The number of aromatic nitrogens is 1. The summed E-state index contributed by atoms with van der Waals surface area (Å²) in [6.45, 7) is 5.74. The summed E-state index contributed by atoms with van der Waals surface area (Å²) in [5.41, 5.74) is 7.18.